The molecule has 8 nitrogen and oxygen atoms in total. The van der Waals surface area contributed by atoms with Crippen molar-refractivity contribution in [1.29, 1.82) is 0 Å². The van der Waals surface area contributed by atoms with E-state index in [1.165, 1.54) is 0 Å². The highest BCUT2D eigenvalue weighted by molar-refractivity contribution is 6.00. The van der Waals surface area contributed by atoms with Gasteiger partial charge in [-0.1, -0.05) is 32.0 Å². The number of fused-ring (bicyclic) bond motifs is 2. The number of benzene rings is 2. The lowest BCUT2D eigenvalue weighted by atomic mass is 9.94. The lowest BCUT2D eigenvalue weighted by Gasteiger charge is -2.42. The molecule has 1 fully saturated rings. The van der Waals surface area contributed by atoms with Gasteiger partial charge < -0.3 is 25.0 Å². The van der Waals surface area contributed by atoms with Crippen LogP contribution in [0.4, 0.5) is 11.4 Å². The molecule has 0 aliphatic carbocycles. The van der Waals surface area contributed by atoms with Crippen LogP contribution >= 0.6 is 0 Å². The van der Waals surface area contributed by atoms with E-state index in [4.69, 9.17) is 9.47 Å². The summed E-state index contributed by atoms with van der Waals surface area (Å²) < 4.78 is 12.3. The Labute approximate surface area is 206 Å². The highest BCUT2D eigenvalue weighted by Crippen LogP contribution is 2.32. The quantitative estimate of drug-likeness (QED) is 0.676. The molecule has 35 heavy (non-hydrogen) atoms. The van der Waals surface area contributed by atoms with E-state index in [2.05, 4.69) is 10.6 Å². The van der Waals surface area contributed by atoms with Gasteiger partial charge in [-0.25, -0.2) is 0 Å². The number of para-hydroxylation sites is 1. The minimum absolute atomic E-state index is 0.0970. The Balaban J connectivity index is 1.43. The molecule has 3 amide bonds. The first-order valence-electron chi connectivity index (χ1n) is 12.1. The number of anilines is 2. The van der Waals surface area contributed by atoms with Gasteiger partial charge in [-0.05, 0) is 49.6 Å². The third kappa shape index (κ3) is 5.65. The summed E-state index contributed by atoms with van der Waals surface area (Å²) in [7, 11) is 1.77. The summed E-state index contributed by atoms with van der Waals surface area (Å²) in [6.45, 7) is 5.85. The molecule has 186 valence electrons. The molecule has 4 rings (SSSR count). The molecule has 2 aromatic carbocycles. The van der Waals surface area contributed by atoms with Gasteiger partial charge in [0, 0.05) is 24.3 Å². The van der Waals surface area contributed by atoms with Crippen LogP contribution in [0.15, 0.2) is 42.5 Å². The Morgan fingerprint density at radius 3 is 2.63 bits per heavy atom. The van der Waals surface area contributed by atoms with Crippen LogP contribution in [0.2, 0.25) is 0 Å². The zero-order chi connectivity index (χ0) is 25.1. The van der Waals surface area contributed by atoms with Gasteiger partial charge in [0.1, 0.15) is 18.5 Å². The van der Waals surface area contributed by atoms with Gasteiger partial charge in [-0.3, -0.25) is 14.4 Å². The number of amides is 3. The van der Waals surface area contributed by atoms with E-state index >= 15 is 0 Å². The smallest absolute Gasteiger partial charge is 0.257 e. The first-order valence-corrected chi connectivity index (χ1v) is 12.1. The van der Waals surface area contributed by atoms with Crippen LogP contribution in [-0.2, 0) is 14.3 Å². The molecule has 2 N–H and O–H groups in total. The Kier molecular flexibility index (Phi) is 7.40. The fourth-order valence-electron chi connectivity index (χ4n) is 4.51. The summed E-state index contributed by atoms with van der Waals surface area (Å²) in [6.07, 6.45) is 1.02. The minimum atomic E-state index is -0.345. The predicted molar refractivity (Wildman–Crippen MR) is 134 cm³/mol. The molecule has 0 bridgehead atoms. The fraction of sp³-hybridized carbons (Fsp3) is 0.444. The van der Waals surface area contributed by atoms with E-state index in [1.807, 2.05) is 45.0 Å². The molecule has 0 radical (unpaired) electrons. The number of carbonyl (C=O) groups is 3. The van der Waals surface area contributed by atoms with Crippen LogP contribution in [0.25, 0.3) is 0 Å². The Morgan fingerprint density at radius 2 is 1.89 bits per heavy atom. The number of ether oxygens (including phenoxy) is 2. The van der Waals surface area contributed by atoms with Crippen LogP contribution in [0.3, 0.4) is 0 Å². The first kappa shape index (κ1) is 24.7. The first-order chi connectivity index (χ1) is 16.7. The maximum absolute atomic E-state index is 13.3. The predicted octanol–water partition coefficient (Wildman–Crippen LogP) is 4.00. The number of nitrogens with one attached hydrogen (secondary N) is 2. The molecule has 3 atom stereocenters. The van der Waals surface area contributed by atoms with Crippen molar-refractivity contribution in [2.75, 3.05) is 24.3 Å². The van der Waals surface area contributed by atoms with Crippen molar-refractivity contribution in [3.63, 3.8) is 0 Å². The van der Waals surface area contributed by atoms with Gasteiger partial charge in [0.25, 0.3) is 5.91 Å². The largest absolute Gasteiger partial charge is 0.490 e. The molecule has 0 unspecified atom stereocenters. The van der Waals surface area contributed by atoms with Gasteiger partial charge in [-0.15, -0.1) is 0 Å². The monoisotopic (exact) mass is 479 g/mol. The van der Waals surface area contributed by atoms with Gasteiger partial charge >= 0.3 is 0 Å². The molecule has 1 saturated heterocycles. The molecule has 0 spiro atoms. The third-order valence-corrected chi connectivity index (χ3v) is 6.64. The highest BCUT2D eigenvalue weighted by Gasteiger charge is 2.39. The Morgan fingerprint density at radius 1 is 1.11 bits per heavy atom. The van der Waals surface area contributed by atoms with E-state index in [0.717, 1.165) is 11.3 Å². The number of rotatable bonds is 5. The summed E-state index contributed by atoms with van der Waals surface area (Å²) in [5.41, 5.74) is 2.77. The summed E-state index contributed by atoms with van der Waals surface area (Å²) in [5, 5.41) is 5.80. The Bertz CT molecular complexity index is 1120. The number of carbonyl (C=O) groups excluding carboxylic acids is 3. The summed E-state index contributed by atoms with van der Waals surface area (Å²) >= 11 is 0. The van der Waals surface area contributed by atoms with E-state index in [-0.39, 0.29) is 54.9 Å². The topological polar surface area (TPSA) is 97.0 Å². The average Bonchev–Trinajstić information content (AvgIpc) is 2.83. The van der Waals surface area contributed by atoms with Crippen molar-refractivity contribution < 1.29 is 23.9 Å². The fourth-order valence-corrected chi connectivity index (χ4v) is 4.51. The standard InChI is InChI=1S/C27H33N3O5/c1-16(2)26(32)28-18-9-12-23-20(13-18)27(33)30(4)22-11-10-19(35-24(22)15-34-23)14-25(31)29-21-8-6-5-7-17(21)3/h5-9,12-13,16,19,22,24H,10-11,14-15H2,1-4H3,(H,28,32)(H,29,31)/t19-,22+,24-/m1/s1. The van der Waals surface area contributed by atoms with Crippen molar-refractivity contribution in [3.8, 4) is 5.75 Å². The molecule has 2 aliphatic rings. The van der Waals surface area contributed by atoms with Crippen molar-refractivity contribution in [2.45, 2.75) is 58.3 Å². The van der Waals surface area contributed by atoms with Gasteiger partial charge in [-0.2, -0.15) is 0 Å². The number of nitrogens with zero attached hydrogens (tertiary/aromatic N) is 1. The zero-order valence-electron chi connectivity index (χ0n) is 20.7. The molecule has 0 aromatic heterocycles. The molecular weight excluding hydrogens is 446 g/mol. The second-order valence-electron chi connectivity index (χ2n) is 9.59. The number of aryl methyl sites for hydroxylation is 1. The molecule has 2 aromatic rings. The third-order valence-electron chi connectivity index (χ3n) is 6.64. The van der Waals surface area contributed by atoms with Gasteiger partial charge in [0.05, 0.1) is 24.1 Å². The second kappa shape index (κ2) is 10.5. The molecule has 8 heteroatoms. The Hall–Kier alpha value is -3.39. The normalized spacial score (nSPS) is 21.8. The maximum Gasteiger partial charge on any atom is 0.257 e. The van der Waals surface area contributed by atoms with Crippen molar-refractivity contribution >= 4 is 29.1 Å². The number of likely N-dealkylation sites (N-methyl/N-ethyl adjacent to an activating group) is 1. The highest BCUT2D eigenvalue weighted by atomic mass is 16.5. The van der Waals surface area contributed by atoms with Crippen LogP contribution < -0.4 is 15.4 Å². The molecule has 2 aliphatic heterocycles. The maximum atomic E-state index is 13.3. The molecule has 0 saturated carbocycles. The summed E-state index contributed by atoms with van der Waals surface area (Å²) in [5.74, 6) is -0.116. The summed E-state index contributed by atoms with van der Waals surface area (Å²) in [4.78, 5) is 39.7. The van der Waals surface area contributed by atoms with E-state index in [1.54, 1.807) is 30.1 Å². The number of hydrogen-bond acceptors (Lipinski definition) is 5. The lowest BCUT2D eigenvalue weighted by Crippen LogP contribution is -2.53. The minimum Gasteiger partial charge on any atom is -0.490 e. The van der Waals surface area contributed by atoms with Gasteiger partial charge in [0.15, 0.2) is 0 Å². The van der Waals surface area contributed by atoms with Crippen molar-refractivity contribution in [3.05, 3.63) is 53.6 Å². The van der Waals surface area contributed by atoms with E-state index in [0.29, 0.717) is 29.8 Å². The molecular formula is C27H33N3O5. The lowest BCUT2D eigenvalue weighted by molar-refractivity contribution is -0.130. The summed E-state index contributed by atoms with van der Waals surface area (Å²) in [6, 6.07) is 12.6. The van der Waals surface area contributed by atoms with Crippen LogP contribution in [0.1, 0.15) is 49.0 Å². The zero-order valence-corrected chi connectivity index (χ0v) is 20.7. The van der Waals surface area contributed by atoms with Crippen LogP contribution in [0.5, 0.6) is 5.75 Å². The van der Waals surface area contributed by atoms with E-state index in [9.17, 15) is 14.4 Å². The van der Waals surface area contributed by atoms with Crippen molar-refractivity contribution in [2.24, 2.45) is 5.92 Å². The van der Waals surface area contributed by atoms with Crippen LogP contribution in [-0.4, -0.2) is 54.5 Å². The number of hydrogen-bond donors (Lipinski definition) is 2. The van der Waals surface area contributed by atoms with Gasteiger partial charge in [0.2, 0.25) is 11.8 Å². The SMILES string of the molecule is Cc1ccccc1NC(=O)C[C@H]1CC[C@H]2[C@@H](COc3ccc(NC(=O)C(C)C)cc3C(=O)N2C)O1. The molecule has 2 heterocycles. The van der Waals surface area contributed by atoms with Crippen molar-refractivity contribution in [1.82, 2.24) is 4.90 Å². The second-order valence-corrected chi connectivity index (χ2v) is 9.59. The average molecular weight is 480 g/mol. The van der Waals surface area contributed by atoms with E-state index < -0.39 is 0 Å². The van der Waals surface area contributed by atoms with Crippen LogP contribution in [0, 0.1) is 12.8 Å².